The molecule has 2 heterocycles. The van der Waals surface area contributed by atoms with Gasteiger partial charge in [0, 0.05) is 30.3 Å². The van der Waals surface area contributed by atoms with E-state index in [9.17, 15) is 9.59 Å². The highest BCUT2D eigenvalue weighted by Crippen LogP contribution is 2.28. The van der Waals surface area contributed by atoms with Crippen molar-refractivity contribution in [3.8, 4) is 11.3 Å². The molecule has 2 aliphatic rings. The van der Waals surface area contributed by atoms with E-state index >= 15 is 0 Å². The molecule has 10 heteroatoms. The number of hydrogen-bond donors (Lipinski definition) is 3. The maximum absolute atomic E-state index is 13.4. The van der Waals surface area contributed by atoms with Crippen LogP contribution in [0.4, 0.5) is 5.82 Å². The van der Waals surface area contributed by atoms with E-state index in [0.29, 0.717) is 35.5 Å². The van der Waals surface area contributed by atoms with E-state index in [4.69, 9.17) is 15.9 Å². The summed E-state index contributed by atoms with van der Waals surface area (Å²) >= 11 is 0. The van der Waals surface area contributed by atoms with Gasteiger partial charge >= 0.3 is 5.97 Å². The number of carbonyl (C=O) groups is 2. The number of anilines is 1. The highest BCUT2D eigenvalue weighted by atomic mass is 35.5. The Morgan fingerprint density at radius 2 is 1.71 bits per heavy atom. The van der Waals surface area contributed by atoms with Crippen LogP contribution in [0.3, 0.4) is 0 Å². The van der Waals surface area contributed by atoms with Crippen molar-refractivity contribution < 1.29 is 14.3 Å². The Labute approximate surface area is 211 Å². The number of piperidine rings is 1. The number of amides is 1. The first-order valence-corrected chi connectivity index (χ1v) is 11.9. The van der Waals surface area contributed by atoms with Crippen molar-refractivity contribution in [3.05, 3.63) is 41.5 Å². The summed E-state index contributed by atoms with van der Waals surface area (Å²) in [6.45, 7) is 1.71. The van der Waals surface area contributed by atoms with Gasteiger partial charge in [-0.05, 0) is 51.0 Å². The first-order valence-electron chi connectivity index (χ1n) is 11.9. The lowest BCUT2D eigenvalue weighted by Crippen LogP contribution is -2.40. The molecule has 2 aromatic rings. The number of amidine groups is 1. The first kappa shape index (κ1) is 26.4. The van der Waals surface area contributed by atoms with Crippen molar-refractivity contribution in [2.75, 3.05) is 25.1 Å². The molecular formula is C25H33ClN6O3. The van der Waals surface area contributed by atoms with E-state index in [2.05, 4.69) is 20.4 Å². The molecule has 1 saturated carbocycles. The molecule has 0 atom stereocenters. The third-order valence-electron chi connectivity index (χ3n) is 6.76. The maximum Gasteiger partial charge on any atom is 0.308 e. The average Bonchev–Trinajstić information content (AvgIpc) is 2.89. The molecule has 4 N–H and O–H groups in total. The van der Waals surface area contributed by atoms with Crippen LogP contribution in [-0.4, -0.2) is 54.2 Å². The number of hydrogen-bond acceptors (Lipinski definition) is 7. The molecular weight excluding hydrogens is 468 g/mol. The van der Waals surface area contributed by atoms with Gasteiger partial charge in [0.15, 0.2) is 5.82 Å². The van der Waals surface area contributed by atoms with Crippen molar-refractivity contribution in [2.24, 2.45) is 11.7 Å². The summed E-state index contributed by atoms with van der Waals surface area (Å²) in [6.07, 6.45) is 6.20. The highest BCUT2D eigenvalue weighted by Gasteiger charge is 2.29. The van der Waals surface area contributed by atoms with Crippen LogP contribution in [0.5, 0.6) is 0 Å². The molecule has 1 aliphatic heterocycles. The highest BCUT2D eigenvalue weighted by molar-refractivity contribution is 6.00. The predicted molar refractivity (Wildman–Crippen MR) is 137 cm³/mol. The largest absolute Gasteiger partial charge is 0.469 e. The van der Waals surface area contributed by atoms with Gasteiger partial charge in [-0.15, -0.1) is 22.6 Å². The molecule has 188 valence electrons. The number of nitrogen functional groups attached to an aromatic ring is 1. The molecule has 35 heavy (non-hydrogen) atoms. The molecule has 1 saturated heterocycles. The number of nitrogens with two attached hydrogens (primary N) is 1. The van der Waals surface area contributed by atoms with E-state index in [1.54, 1.807) is 18.2 Å². The van der Waals surface area contributed by atoms with Crippen LogP contribution in [-0.2, 0) is 9.53 Å². The number of halogens is 1. The van der Waals surface area contributed by atoms with Crippen LogP contribution >= 0.6 is 12.4 Å². The lowest BCUT2D eigenvalue weighted by Gasteiger charge is -2.30. The number of aromatic nitrogens is 2. The van der Waals surface area contributed by atoms with Gasteiger partial charge in [-0.25, -0.2) is 0 Å². The fourth-order valence-corrected chi connectivity index (χ4v) is 4.76. The molecule has 2 fully saturated rings. The van der Waals surface area contributed by atoms with Gasteiger partial charge in [-0.3, -0.25) is 15.0 Å². The summed E-state index contributed by atoms with van der Waals surface area (Å²) < 4.78 is 4.87. The van der Waals surface area contributed by atoms with E-state index in [1.807, 2.05) is 12.1 Å². The Morgan fingerprint density at radius 3 is 2.31 bits per heavy atom. The Morgan fingerprint density at radius 1 is 1.06 bits per heavy atom. The van der Waals surface area contributed by atoms with Crippen molar-refractivity contribution in [1.29, 1.82) is 5.41 Å². The number of rotatable bonds is 6. The molecule has 0 spiro atoms. The number of nitrogens with one attached hydrogen (secondary N) is 2. The topological polar surface area (TPSA) is 134 Å². The normalized spacial score (nSPS) is 19.9. The van der Waals surface area contributed by atoms with Crippen LogP contribution in [0.25, 0.3) is 11.3 Å². The summed E-state index contributed by atoms with van der Waals surface area (Å²) in [5, 5.41) is 19.6. The second-order valence-corrected chi connectivity index (χ2v) is 9.05. The average molecular weight is 501 g/mol. The summed E-state index contributed by atoms with van der Waals surface area (Å²) in [5.41, 5.74) is 8.09. The van der Waals surface area contributed by atoms with Crippen LogP contribution in [0.2, 0.25) is 0 Å². The van der Waals surface area contributed by atoms with Crippen molar-refractivity contribution in [1.82, 2.24) is 15.5 Å². The quantitative estimate of drug-likeness (QED) is 0.314. The van der Waals surface area contributed by atoms with Gasteiger partial charge in [0.05, 0.1) is 24.3 Å². The van der Waals surface area contributed by atoms with Crippen molar-refractivity contribution in [2.45, 2.75) is 51.0 Å². The minimum Gasteiger partial charge on any atom is -0.469 e. The zero-order valence-corrected chi connectivity index (χ0v) is 20.8. The van der Waals surface area contributed by atoms with Crippen LogP contribution in [0.1, 0.15) is 60.9 Å². The number of ether oxygens (including phenoxy) is 1. The third-order valence-corrected chi connectivity index (χ3v) is 6.76. The third kappa shape index (κ3) is 6.28. The van der Waals surface area contributed by atoms with Gasteiger partial charge in [-0.1, -0.05) is 24.3 Å². The Hall–Kier alpha value is -3.20. The lowest BCUT2D eigenvalue weighted by atomic mass is 9.86. The second-order valence-electron chi connectivity index (χ2n) is 9.05. The van der Waals surface area contributed by atoms with Gasteiger partial charge in [0.25, 0.3) is 5.91 Å². The van der Waals surface area contributed by atoms with Crippen LogP contribution < -0.4 is 16.0 Å². The first-order chi connectivity index (χ1) is 16.5. The Bertz CT molecular complexity index is 1050. The number of esters is 1. The van der Waals surface area contributed by atoms with Gasteiger partial charge in [0.1, 0.15) is 5.84 Å². The van der Waals surface area contributed by atoms with E-state index in [-0.39, 0.29) is 42.1 Å². The predicted octanol–water partition coefficient (Wildman–Crippen LogP) is 3.30. The number of benzene rings is 1. The van der Waals surface area contributed by atoms with Gasteiger partial charge in [0.2, 0.25) is 0 Å². The summed E-state index contributed by atoms with van der Waals surface area (Å²) in [5.74, 6) is 0.188. The molecule has 0 bridgehead atoms. The number of nitrogens with zero attached hydrogens (tertiary/aromatic N) is 3. The molecule has 0 radical (unpaired) electrons. The van der Waals surface area contributed by atoms with E-state index in [1.165, 1.54) is 13.5 Å². The number of carbonyl (C=O) groups excluding carboxylic acids is 2. The molecule has 1 aliphatic carbocycles. The zero-order valence-electron chi connectivity index (χ0n) is 20.0. The SMILES string of the molecule is COC(=O)C1CCC(NC(=O)c2cc(-c3ccc(C(=N)N)cc3)nnc2N2CCCCC2)CC1.Cl. The Kier molecular flexibility index (Phi) is 9.03. The molecule has 0 unspecified atom stereocenters. The molecule has 1 amide bonds. The molecule has 1 aromatic heterocycles. The monoisotopic (exact) mass is 500 g/mol. The number of methoxy groups -OCH3 is 1. The van der Waals surface area contributed by atoms with E-state index in [0.717, 1.165) is 44.3 Å². The second kappa shape index (κ2) is 12.0. The molecule has 4 rings (SSSR count). The zero-order chi connectivity index (χ0) is 24.1. The minimum atomic E-state index is -0.170. The minimum absolute atomic E-state index is 0. The van der Waals surface area contributed by atoms with Gasteiger partial charge in [-0.2, -0.15) is 0 Å². The standard InChI is InChI=1S/C25H32N6O3.ClH/c1-34-25(33)18-9-11-19(12-10-18)28-24(32)20-15-21(16-5-7-17(8-6-16)22(26)27)29-30-23(20)31-13-3-2-4-14-31;/h5-8,15,18-19H,2-4,9-14H2,1H3,(H3,26,27)(H,28,32);1H. The van der Waals surface area contributed by atoms with Gasteiger partial charge < -0.3 is 20.7 Å². The fraction of sp³-hybridized carbons (Fsp3) is 0.480. The fourth-order valence-electron chi connectivity index (χ4n) is 4.76. The summed E-state index contributed by atoms with van der Waals surface area (Å²) in [4.78, 5) is 27.4. The Balaban J connectivity index is 0.00000342. The van der Waals surface area contributed by atoms with Crippen molar-refractivity contribution >= 4 is 35.9 Å². The molecule has 1 aromatic carbocycles. The van der Waals surface area contributed by atoms with Crippen LogP contribution in [0, 0.1) is 11.3 Å². The summed E-state index contributed by atoms with van der Waals surface area (Å²) in [7, 11) is 1.42. The van der Waals surface area contributed by atoms with E-state index < -0.39 is 0 Å². The summed E-state index contributed by atoms with van der Waals surface area (Å²) in [6, 6.07) is 8.99. The smallest absolute Gasteiger partial charge is 0.308 e. The van der Waals surface area contributed by atoms with Crippen molar-refractivity contribution in [3.63, 3.8) is 0 Å². The molecule has 9 nitrogen and oxygen atoms in total. The van der Waals surface area contributed by atoms with Crippen LogP contribution in [0.15, 0.2) is 30.3 Å². The lowest BCUT2D eigenvalue weighted by molar-refractivity contribution is -0.146. The maximum atomic E-state index is 13.4.